The van der Waals surface area contributed by atoms with Gasteiger partial charge in [0.2, 0.25) is 10.0 Å². The van der Waals surface area contributed by atoms with Crippen LogP contribution in [-0.4, -0.2) is 73.0 Å². The van der Waals surface area contributed by atoms with E-state index in [9.17, 15) is 18.0 Å². The number of hydrogen-bond donors (Lipinski definition) is 2. The van der Waals surface area contributed by atoms with Crippen LogP contribution in [0, 0.1) is 0 Å². The van der Waals surface area contributed by atoms with Crippen molar-refractivity contribution in [3.05, 3.63) is 46.6 Å². The Morgan fingerprint density at radius 2 is 1.97 bits per heavy atom. The predicted molar refractivity (Wildman–Crippen MR) is 110 cm³/mol. The van der Waals surface area contributed by atoms with E-state index < -0.39 is 20.9 Å². The average molecular weight is 435 g/mol. The summed E-state index contributed by atoms with van der Waals surface area (Å²) in [6, 6.07) is 1.84. The number of nitrogens with one attached hydrogen (secondary N) is 2. The van der Waals surface area contributed by atoms with Gasteiger partial charge in [0.25, 0.3) is 11.8 Å². The van der Waals surface area contributed by atoms with Crippen molar-refractivity contribution in [3.8, 4) is 0 Å². The van der Waals surface area contributed by atoms with Crippen molar-refractivity contribution < 1.29 is 22.7 Å². The summed E-state index contributed by atoms with van der Waals surface area (Å²) in [5.41, 5.74) is 1.30. The zero-order chi connectivity index (χ0) is 22.0. The Morgan fingerprint density at radius 3 is 2.63 bits per heavy atom. The summed E-state index contributed by atoms with van der Waals surface area (Å²) < 4.78 is 33.2. The van der Waals surface area contributed by atoms with Crippen LogP contribution in [0.2, 0.25) is 0 Å². The highest BCUT2D eigenvalue weighted by atomic mass is 32.2. The van der Waals surface area contributed by atoms with Crippen molar-refractivity contribution in [3.63, 3.8) is 0 Å². The molecule has 0 fully saturated rings. The predicted octanol–water partition coefficient (Wildman–Crippen LogP) is 0.911. The van der Waals surface area contributed by atoms with Gasteiger partial charge in [0, 0.05) is 51.8 Å². The second-order valence-corrected chi connectivity index (χ2v) is 11.0. The van der Waals surface area contributed by atoms with Crippen LogP contribution >= 0.6 is 0 Å². The number of sulfonamides is 1. The molecule has 1 aliphatic carbocycles. The summed E-state index contributed by atoms with van der Waals surface area (Å²) in [7, 11) is 1.06. The van der Waals surface area contributed by atoms with Crippen molar-refractivity contribution in [1.29, 1.82) is 0 Å². The number of aromatic amines is 1. The lowest BCUT2D eigenvalue weighted by molar-refractivity contribution is -0.140. The summed E-state index contributed by atoms with van der Waals surface area (Å²) in [6.07, 6.45) is 3.53. The minimum Gasteiger partial charge on any atom is -0.476 e. The molecule has 9 nitrogen and oxygen atoms in total. The fourth-order valence-corrected chi connectivity index (χ4v) is 5.36. The first kappa shape index (κ1) is 20.7. The van der Waals surface area contributed by atoms with Crippen molar-refractivity contribution in [2.24, 2.45) is 0 Å². The van der Waals surface area contributed by atoms with Crippen LogP contribution in [0.5, 0.6) is 0 Å². The third-order valence-electron chi connectivity index (χ3n) is 5.91. The minimum absolute atomic E-state index is 0.114. The highest BCUT2D eigenvalue weighted by molar-refractivity contribution is 7.89. The molecule has 3 aliphatic rings. The fraction of sp³-hybridized carbons (Fsp3) is 0.500. The highest BCUT2D eigenvalue weighted by Crippen LogP contribution is 2.43. The smallest absolute Gasteiger partial charge is 0.270 e. The number of H-pyrrole nitrogens is 1. The SMILES string of the molecule is CN1CC(C2=CC(S(=O)(=O)N(C)C)CC3=C2OC(C)(C)C(=O)N3)c2cc[nH]c2C1=O. The van der Waals surface area contributed by atoms with Gasteiger partial charge in [-0.05, 0) is 25.5 Å². The molecule has 0 saturated carbocycles. The molecule has 2 N–H and O–H groups in total. The van der Waals surface area contributed by atoms with Crippen molar-refractivity contribution in [2.45, 2.75) is 37.0 Å². The molecule has 0 bridgehead atoms. The van der Waals surface area contributed by atoms with Crippen LogP contribution in [-0.2, 0) is 19.6 Å². The molecular weight excluding hydrogens is 408 g/mol. The molecule has 2 amide bonds. The van der Waals surface area contributed by atoms with Gasteiger partial charge < -0.3 is 19.9 Å². The van der Waals surface area contributed by atoms with E-state index in [1.165, 1.54) is 18.4 Å². The number of amides is 2. The second-order valence-electron chi connectivity index (χ2n) is 8.61. The molecule has 2 unspecified atom stereocenters. The Kier molecular flexibility index (Phi) is 4.62. The first-order valence-electron chi connectivity index (χ1n) is 9.73. The second kappa shape index (κ2) is 6.71. The summed E-state index contributed by atoms with van der Waals surface area (Å²) in [6.45, 7) is 3.72. The largest absolute Gasteiger partial charge is 0.476 e. The molecule has 0 radical (unpaired) electrons. The lowest BCUT2D eigenvalue weighted by atomic mass is 9.82. The van der Waals surface area contributed by atoms with Gasteiger partial charge in [-0.3, -0.25) is 9.59 Å². The topological polar surface area (TPSA) is 112 Å². The molecule has 0 spiro atoms. The molecule has 4 rings (SSSR count). The molecule has 1 aromatic heterocycles. The van der Waals surface area contributed by atoms with E-state index in [1.807, 2.05) is 6.07 Å². The van der Waals surface area contributed by atoms with Gasteiger partial charge in [-0.25, -0.2) is 12.7 Å². The van der Waals surface area contributed by atoms with E-state index in [4.69, 9.17) is 4.74 Å². The standard InChI is InChI=1S/C20H26N4O5S/c1-20(2)19(26)22-15-9-11(30(27,28)23(3)4)8-13(17(15)29-20)14-10-24(5)18(25)16-12(14)6-7-21-16/h6-8,11,14,21H,9-10H2,1-5H3,(H,22,26). The van der Waals surface area contributed by atoms with Gasteiger partial charge >= 0.3 is 0 Å². The zero-order valence-electron chi connectivity index (χ0n) is 17.6. The van der Waals surface area contributed by atoms with Crippen LogP contribution in [0.3, 0.4) is 0 Å². The quantitative estimate of drug-likeness (QED) is 0.735. The van der Waals surface area contributed by atoms with Crippen LogP contribution in [0.1, 0.15) is 42.2 Å². The third-order valence-corrected chi connectivity index (χ3v) is 8.00. The first-order valence-corrected chi connectivity index (χ1v) is 11.2. The summed E-state index contributed by atoms with van der Waals surface area (Å²) in [5, 5.41) is 2.01. The molecule has 10 heteroatoms. The molecule has 3 heterocycles. The van der Waals surface area contributed by atoms with Crippen LogP contribution in [0.4, 0.5) is 0 Å². The number of hydrogen-bond acceptors (Lipinski definition) is 5. The Bertz CT molecular complexity index is 1100. The van der Waals surface area contributed by atoms with Crippen molar-refractivity contribution in [1.82, 2.24) is 19.5 Å². The van der Waals surface area contributed by atoms with Crippen LogP contribution in [0.25, 0.3) is 0 Å². The molecule has 0 saturated heterocycles. The zero-order valence-corrected chi connectivity index (χ0v) is 18.5. The number of nitrogens with zero attached hydrogens (tertiary/aromatic N) is 2. The van der Waals surface area contributed by atoms with E-state index in [2.05, 4.69) is 10.3 Å². The number of carbonyl (C=O) groups excluding carboxylic acids is 2. The number of aromatic nitrogens is 1. The van der Waals surface area contributed by atoms with E-state index in [-0.39, 0.29) is 24.2 Å². The van der Waals surface area contributed by atoms with Crippen molar-refractivity contribution >= 4 is 21.8 Å². The summed E-state index contributed by atoms with van der Waals surface area (Å²) >= 11 is 0. The summed E-state index contributed by atoms with van der Waals surface area (Å²) in [5.74, 6) is -0.232. The van der Waals surface area contributed by atoms with Crippen LogP contribution in [0.15, 0.2) is 35.4 Å². The number of allylic oxidation sites excluding steroid dienone is 2. The Labute approximate surface area is 175 Å². The molecule has 2 aliphatic heterocycles. The molecule has 2 atom stereocenters. The van der Waals surface area contributed by atoms with Gasteiger partial charge in [0.05, 0.1) is 10.9 Å². The van der Waals surface area contributed by atoms with Gasteiger partial charge in [-0.1, -0.05) is 6.08 Å². The molecule has 1 aromatic rings. The van der Waals surface area contributed by atoms with Crippen molar-refractivity contribution in [2.75, 3.05) is 27.7 Å². The molecular formula is C20H26N4O5S. The van der Waals surface area contributed by atoms with E-state index in [0.29, 0.717) is 29.3 Å². The number of likely N-dealkylation sites (N-methyl/N-ethyl adjacent to an activating group) is 1. The van der Waals surface area contributed by atoms with E-state index >= 15 is 0 Å². The Balaban J connectivity index is 1.88. The summed E-state index contributed by atoms with van der Waals surface area (Å²) in [4.78, 5) is 29.6. The average Bonchev–Trinajstić information content (AvgIpc) is 3.15. The number of fused-ring (bicyclic) bond motifs is 1. The van der Waals surface area contributed by atoms with Gasteiger partial charge in [0.15, 0.2) is 5.60 Å². The monoisotopic (exact) mass is 434 g/mol. The Hall–Kier alpha value is -2.59. The Morgan fingerprint density at radius 1 is 1.27 bits per heavy atom. The lowest BCUT2D eigenvalue weighted by Gasteiger charge is -2.41. The van der Waals surface area contributed by atoms with E-state index in [1.54, 1.807) is 38.1 Å². The number of rotatable bonds is 3. The lowest BCUT2D eigenvalue weighted by Crippen LogP contribution is -2.51. The maximum absolute atomic E-state index is 12.9. The molecule has 0 aromatic carbocycles. The maximum atomic E-state index is 12.9. The first-order chi connectivity index (χ1) is 13.9. The van der Waals surface area contributed by atoms with E-state index in [0.717, 1.165) is 5.56 Å². The fourth-order valence-electron chi connectivity index (χ4n) is 4.13. The molecule has 30 heavy (non-hydrogen) atoms. The van der Waals surface area contributed by atoms with Gasteiger partial charge in [0.1, 0.15) is 11.5 Å². The number of carbonyl (C=O) groups is 2. The minimum atomic E-state index is -3.63. The number of ether oxygens (including phenoxy) is 1. The maximum Gasteiger partial charge on any atom is 0.270 e. The molecule has 162 valence electrons. The van der Waals surface area contributed by atoms with Gasteiger partial charge in [-0.2, -0.15) is 0 Å². The third kappa shape index (κ3) is 3.05. The normalized spacial score (nSPS) is 26.1. The van der Waals surface area contributed by atoms with Crippen LogP contribution < -0.4 is 5.32 Å². The van der Waals surface area contributed by atoms with Gasteiger partial charge in [-0.15, -0.1) is 0 Å². The highest BCUT2D eigenvalue weighted by Gasteiger charge is 2.45.